The summed E-state index contributed by atoms with van der Waals surface area (Å²) in [5, 5.41) is 19.0. The summed E-state index contributed by atoms with van der Waals surface area (Å²) in [6.45, 7) is 1.23. The fourth-order valence-electron chi connectivity index (χ4n) is 2.76. The Morgan fingerprint density at radius 3 is 2.84 bits per heavy atom. The number of halogens is 3. The fraction of sp³-hybridized carbons (Fsp3) is 0.625. The zero-order chi connectivity index (χ0) is 18.3. The Hall–Kier alpha value is -1.89. The van der Waals surface area contributed by atoms with Crippen molar-refractivity contribution in [1.82, 2.24) is 9.88 Å². The number of nitrogens with zero attached hydrogens (tertiary/aromatic N) is 4. The van der Waals surface area contributed by atoms with Gasteiger partial charge >= 0.3 is 6.18 Å². The number of anilines is 1. The molecule has 2 heterocycles. The van der Waals surface area contributed by atoms with Gasteiger partial charge in [0.15, 0.2) is 0 Å². The highest BCUT2D eigenvalue weighted by molar-refractivity contribution is 5.53. The van der Waals surface area contributed by atoms with E-state index in [1.54, 1.807) is 18.3 Å². The lowest BCUT2D eigenvalue weighted by Gasteiger charge is -2.24. The van der Waals surface area contributed by atoms with Crippen LogP contribution in [0.15, 0.2) is 18.3 Å². The van der Waals surface area contributed by atoms with Gasteiger partial charge in [-0.1, -0.05) is 0 Å². The molecule has 0 radical (unpaired) electrons. The Kier molecular flexibility index (Phi) is 6.99. The van der Waals surface area contributed by atoms with Crippen LogP contribution in [0.3, 0.4) is 0 Å². The second-order valence-electron chi connectivity index (χ2n) is 5.91. The number of aliphatic hydroxyl groups is 1. The second-order valence-corrected chi connectivity index (χ2v) is 5.91. The number of nitriles is 1. The van der Waals surface area contributed by atoms with Gasteiger partial charge in [-0.05, 0) is 25.1 Å². The highest BCUT2D eigenvalue weighted by Gasteiger charge is 2.28. The summed E-state index contributed by atoms with van der Waals surface area (Å²) < 4.78 is 40.6. The Morgan fingerprint density at radius 1 is 1.32 bits per heavy atom. The number of hydrogen-bond donors (Lipinski definition) is 1. The van der Waals surface area contributed by atoms with Gasteiger partial charge in [-0.25, -0.2) is 4.98 Å². The summed E-state index contributed by atoms with van der Waals surface area (Å²) in [6.07, 6.45) is -2.92. The number of β-amino-alcohol motifs (C(OH)–C–C–N with tert-alkyl or cyclic N) is 1. The molecule has 0 bridgehead atoms. The Balaban J connectivity index is 1.82. The number of pyridine rings is 1. The lowest BCUT2D eigenvalue weighted by molar-refractivity contribution is -0.179. The lowest BCUT2D eigenvalue weighted by Crippen LogP contribution is -2.38. The molecule has 1 aromatic heterocycles. The van der Waals surface area contributed by atoms with E-state index in [0.717, 1.165) is 13.0 Å². The van der Waals surface area contributed by atoms with Crippen molar-refractivity contribution < 1.29 is 23.0 Å². The van der Waals surface area contributed by atoms with Crippen molar-refractivity contribution >= 4 is 5.82 Å². The lowest BCUT2D eigenvalue weighted by atomic mass is 10.2. The van der Waals surface area contributed by atoms with Crippen LogP contribution >= 0.6 is 0 Å². The third-order valence-corrected chi connectivity index (χ3v) is 3.84. The number of rotatable bonds is 6. The molecule has 1 fully saturated rings. The van der Waals surface area contributed by atoms with E-state index in [-0.39, 0.29) is 13.2 Å². The fourth-order valence-corrected chi connectivity index (χ4v) is 2.76. The summed E-state index contributed by atoms with van der Waals surface area (Å²) in [6, 6.07) is 5.55. The average molecular weight is 358 g/mol. The van der Waals surface area contributed by atoms with Crippen LogP contribution in [0.2, 0.25) is 0 Å². The molecule has 1 N–H and O–H groups in total. The molecule has 1 unspecified atom stereocenters. The van der Waals surface area contributed by atoms with Gasteiger partial charge in [-0.15, -0.1) is 0 Å². The van der Waals surface area contributed by atoms with E-state index in [9.17, 15) is 23.5 Å². The van der Waals surface area contributed by atoms with E-state index >= 15 is 0 Å². The topological polar surface area (TPSA) is 72.6 Å². The first-order valence-corrected chi connectivity index (χ1v) is 8.04. The van der Waals surface area contributed by atoms with E-state index in [1.165, 1.54) is 0 Å². The van der Waals surface area contributed by atoms with Crippen LogP contribution in [-0.4, -0.2) is 73.2 Å². The van der Waals surface area contributed by atoms with Gasteiger partial charge in [0.2, 0.25) is 0 Å². The van der Waals surface area contributed by atoms with Crippen molar-refractivity contribution in [2.75, 3.05) is 50.8 Å². The van der Waals surface area contributed by atoms with Gasteiger partial charge in [0, 0.05) is 32.4 Å². The molecular weight excluding hydrogens is 337 g/mol. The third kappa shape index (κ3) is 6.49. The predicted octanol–water partition coefficient (Wildman–Crippen LogP) is 1.41. The number of alkyl halides is 3. The van der Waals surface area contributed by atoms with E-state index < -0.39 is 18.9 Å². The quantitative estimate of drug-likeness (QED) is 0.829. The average Bonchev–Trinajstić information content (AvgIpc) is 2.79. The molecule has 1 saturated heterocycles. The number of aromatic nitrogens is 1. The molecule has 9 heteroatoms. The van der Waals surface area contributed by atoms with Crippen LogP contribution in [0.4, 0.5) is 19.0 Å². The first-order chi connectivity index (χ1) is 11.9. The number of aliphatic hydroxyl groups excluding tert-OH is 1. The molecule has 2 rings (SSSR count). The molecule has 138 valence electrons. The maximum absolute atomic E-state index is 12.0. The number of hydrogen-bond acceptors (Lipinski definition) is 6. The molecule has 1 aromatic rings. The van der Waals surface area contributed by atoms with E-state index in [4.69, 9.17) is 0 Å². The molecule has 0 spiro atoms. The van der Waals surface area contributed by atoms with Crippen molar-refractivity contribution in [1.29, 1.82) is 5.26 Å². The minimum atomic E-state index is -4.38. The van der Waals surface area contributed by atoms with Crippen molar-refractivity contribution in [3.63, 3.8) is 0 Å². The molecule has 1 aliphatic heterocycles. The zero-order valence-electron chi connectivity index (χ0n) is 13.7. The van der Waals surface area contributed by atoms with Crippen LogP contribution in [-0.2, 0) is 4.74 Å². The van der Waals surface area contributed by atoms with Crippen molar-refractivity contribution in [3.8, 4) is 6.07 Å². The standard InChI is InChI=1S/C16H21F3N4O2/c17-16(18,19)12-25-11-14(24)10-22-5-2-6-23(8-7-22)15-13(9-20)3-1-4-21-15/h1,3-4,14,24H,2,5-8,10-12H2. The van der Waals surface area contributed by atoms with Gasteiger partial charge in [-0.2, -0.15) is 18.4 Å². The van der Waals surface area contributed by atoms with Crippen molar-refractivity contribution in [3.05, 3.63) is 23.9 Å². The number of ether oxygens (including phenoxy) is 1. The van der Waals surface area contributed by atoms with E-state index in [1.807, 2.05) is 9.80 Å². The normalized spacial score (nSPS) is 17.8. The molecule has 6 nitrogen and oxygen atoms in total. The predicted molar refractivity (Wildman–Crippen MR) is 85.1 cm³/mol. The molecule has 0 aromatic carbocycles. The van der Waals surface area contributed by atoms with Crippen LogP contribution in [0.5, 0.6) is 0 Å². The summed E-state index contributed by atoms with van der Waals surface area (Å²) in [5.41, 5.74) is 0.511. The SMILES string of the molecule is N#Cc1cccnc1N1CCCN(CC(O)COCC(F)(F)F)CC1. The van der Waals surface area contributed by atoms with E-state index in [2.05, 4.69) is 15.8 Å². The van der Waals surface area contributed by atoms with Crippen molar-refractivity contribution in [2.24, 2.45) is 0 Å². The molecule has 1 aliphatic rings. The van der Waals surface area contributed by atoms with Crippen LogP contribution in [0.25, 0.3) is 0 Å². The van der Waals surface area contributed by atoms with Crippen LogP contribution < -0.4 is 4.90 Å². The second kappa shape index (κ2) is 8.99. The Bertz CT molecular complexity index is 591. The maximum Gasteiger partial charge on any atom is 0.411 e. The van der Waals surface area contributed by atoms with Crippen LogP contribution in [0.1, 0.15) is 12.0 Å². The van der Waals surface area contributed by atoms with Gasteiger partial charge in [0.1, 0.15) is 18.5 Å². The molecule has 25 heavy (non-hydrogen) atoms. The summed E-state index contributed by atoms with van der Waals surface area (Å²) in [4.78, 5) is 8.28. The van der Waals surface area contributed by atoms with Gasteiger partial charge < -0.3 is 14.7 Å². The third-order valence-electron chi connectivity index (χ3n) is 3.84. The van der Waals surface area contributed by atoms with Crippen LogP contribution in [0, 0.1) is 11.3 Å². The van der Waals surface area contributed by atoms with E-state index in [0.29, 0.717) is 31.0 Å². The maximum atomic E-state index is 12.0. The zero-order valence-corrected chi connectivity index (χ0v) is 13.7. The first-order valence-electron chi connectivity index (χ1n) is 8.04. The Labute approximate surface area is 144 Å². The summed E-state index contributed by atoms with van der Waals surface area (Å²) >= 11 is 0. The molecular formula is C16H21F3N4O2. The Morgan fingerprint density at radius 2 is 2.12 bits per heavy atom. The van der Waals surface area contributed by atoms with Gasteiger partial charge in [-0.3, -0.25) is 4.90 Å². The summed E-state index contributed by atoms with van der Waals surface area (Å²) in [5.74, 6) is 0.640. The highest BCUT2D eigenvalue weighted by Crippen LogP contribution is 2.18. The molecule has 0 saturated carbocycles. The van der Waals surface area contributed by atoms with Crippen molar-refractivity contribution in [2.45, 2.75) is 18.7 Å². The smallest absolute Gasteiger partial charge is 0.389 e. The minimum absolute atomic E-state index is 0.249. The summed E-state index contributed by atoms with van der Waals surface area (Å²) in [7, 11) is 0. The minimum Gasteiger partial charge on any atom is -0.389 e. The first kappa shape index (κ1) is 19.4. The highest BCUT2D eigenvalue weighted by atomic mass is 19.4. The molecule has 0 amide bonds. The monoisotopic (exact) mass is 358 g/mol. The van der Waals surface area contributed by atoms with Gasteiger partial charge in [0.05, 0.1) is 18.3 Å². The molecule has 1 atom stereocenters. The molecule has 0 aliphatic carbocycles. The largest absolute Gasteiger partial charge is 0.411 e. The van der Waals surface area contributed by atoms with Gasteiger partial charge in [0.25, 0.3) is 0 Å².